The van der Waals surface area contributed by atoms with Crippen LogP contribution in [0.4, 0.5) is 20.2 Å². The van der Waals surface area contributed by atoms with Crippen molar-refractivity contribution in [1.29, 1.82) is 0 Å². The zero-order chi connectivity index (χ0) is 14.9. The Morgan fingerprint density at radius 1 is 1.30 bits per heavy atom. The normalized spacial score (nSPS) is 11.6. The number of nitrogens with two attached hydrogens (primary N) is 1. The monoisotopic (exact) mass is 318 g/mol. The van der Waals surface area contributed by atoms with Crippen molar-refractivity contribution >= 4 is 32.7 Å². The molecule has 3 N–H and O–H groups in total. The minimum Gasteiger partial charge on any atom is -0.397 e. The number of sulfonamides is 1. The second kappa shape index (κ2) is 5.37. The third-order valence-electron chi connectivity index (χ3n) is 2.57. The Kier molecular flexibility index (Phi) is 3.96. The molecule has 8 heteroatoms. The Morgan fingerprint density at radius 3 is 2.55 bits per heavy atom. The smallest absolute Gasteiger partial charge is 0.271 e. The van der Waals surface area contributed by atoms with E-state index in [1.54, 1.807) is 6.07 Å². The van der Waals surface area contributed by atoms with Crippen LogP contribution in [0.5, 0.6) is 0 Å². The number of thiophene rings is 1. The van der Waals surface area contributed by atoms with Gasteiger partial charge in [-0.1, -0.05) is 6.92 Å². The SMILES string of the molecule is CCc1ccc(S(=O)(=O)Nc2c(N)cc(F)cc2F)s1. The van der Waals surface area contributed by atoms with Crippen LogP contribution in [0.2, 0.25) is 0 Å². The van der Waals surface area contributed by atoms with Crippen LogP contribution in [0.3, 0.4) is 0 Å². The highest BCUT2D eigenvalue weighted by atomic mass is 32.2. The number of aryl methyl sites for hydroxylation is 1. The van der Waals surface area contributed by atoms with E-state index in [0.29, 0.717) is 12.5 Å². The van der Waals surface area contributed by atoms with E-state index >= 15 is 0 Å². The number of hydrogen-bond acceptors (Lipinski definition) is 4. The third-order valence-corrected chi connectivity index (χ3v) is 5.64. The minimum absolute atomic E-state index is 0.0532. The lowest BCUT2D eigenvalue weighted by atomic mass is 10.2. The molecular formula is C12H12F2N2O2S2. The lowest BCUT2D eigenvalue weighted by molar-refractivity contribution is 0.584. The summed E-state index contributed by atoms with van der Waals surface area (Å²) in [6, 6.07) is 4.54. The number of rotatable bonds is 4. The van der Waals surface area contributed by atoms with Crippen molar-refractivity contribution in [3.05, 3.63) is 40.8 Å². The molecular weight excluding hydrogens is 306 g/mol. The molecule has 0 aliphatic rings. The van der Waals surface area contributed by atoms with E-state index in [1.807, 2.05) is 6.92 Å². The summed E-state index contributed by atoms with van der Waals surface area (Å²) in [6.07, 6.45) is 0.702. The largest absolute Gasteiger partial charge is 0.397 e. The Balaban J connectivity index is 2.38. The van der Waals surface area contributed by atoms with E-state index in [0.717, 1.165) is 22.3 Å². The minimum atomic E-state index is -3.93. The lowest BCUT2D eigenvalue weighted by Gasteiger charge is -2.10. The first-order chi connectivity index (χ1) is 9.33. The van der Waals surface area contributed by atoms with E-state index in [-0.39, 0.29) is 9.90 Å². The summed E-state index contributed by atoms with van der Waals surface area (Å²) in [5, 5.41) is 0. The molecule has 0 bridgehead atoms. The molecule has 0 radical (unpaired) electrons. The van der Waals surface area contributed by atoms with Crippen molar-refractivity contribution in [1.82, 2.24) is 0 Å². The zero-order valence-electron chi connectivity index (χ0n) is 10.5. The van der Waals surface area contributed by atoms with Crippen LogP contribution < -0.4 is 10.5 Å². The standard InChI is InChI=1S/C12H12F2N2O2S2/c1-2-8-3-4-11(19-8)20(17,18)16-12-9(14)5-7(13)6-10(12)15/h3-6,16H,2,15H2,1H3. The summed E-state index contributed by atoms with van der Waals surface area (Å²) in [4.78, 5) is 0.887. The Hall–Kier alpha value is -1.67. The molecule has 1 aromatic heterocycles. The number of halogens is 2. The molecule has 0 amide bonds. The van der Waals surface area contributed by atoms with Crippen molar-refractivity contribution in [3.63, 3.8) is 0 Å². The van der Waals surface area contributed by atoms with Gasteiger partial charge in [-0.3, -0.25) is 4.72 Å². The fourth-order valence-corrected chi connectivity index (χ4v) is 3.97. The summed E-state index contributed by atoms with van der Waals surface area (Å²) in [5.74, 6) is -1.93. The van der Waals surface area contributed by atoms with Crippen molar-refractivity contribution in [2.45, 2.75) is 17.6 Å². The van der Waals surface area contributed by atoms with Gasteiger partial charge >= 0.3 is 0 Å². The Labute approximate surface area is 119 Å². The quantitative estimate of drug-likeness (QED) is 0.851. The molecule has 1 heterocycles. The van der Waals surface area contributed by atoms with Gasteiger partial charge in [0.2, 0.25) is 0 Å². The van der Waals surface area contributed by atoms with Gasteiger partial charge in [0.15, 0.2) is 5.82 Å². The molecule has 0 spiro atoms. The van der Waals surface area contributed by atoms with E-state index in [9.17, 15) is 17.2 Å². The molecule has 20 heavy (non-hydrogen) atoms. The maximum absolute atomic E-state index is 13.6. The number of hydrogen-bond donors (Lipinski definition) is 2. The van der Waals surface area contributed by atoms with Crippen LogP contribution in [-0.4, -0.2) is 8.42 Å². The number of anilines is 2. The molecule has 0 fully saturated rings. The summed E-state index contributed by atoms with van der Waals surface area (Å²) >= 11 is 1.09. The Morgan fingerprint density at radius 2 is 2.00 bits per heavy atom. The van der Waals surface area contributed by atoms with Crippen LogP contribution in [-0.2, 0) is 16.4 Å². The van der Waals surface area contributed by atoms with Gasteiger partial charge in [0.25, 0.3) is 10.0 Å². The van der Waals surface area contributed by atoms with Gasteiger partial charge in [0.05, 0.1) is 5.69 Å². The van der Waals surface area contributed by atoms with Gasteiger partial charge in [0.1, 0.15) is 15.7 Å². The van der Waals surface area contributed by atoms with Crippen LogP contribution in [0.1, 0.15) is 11.8 Å². The van der Waals surface area contributed by atoms with Gasteiger partial charge in [-0.15, -0.1) is 11.3 Å². The molecule has 0 aliphatic carbocycles. The number of nitrogens with one attached hydrogen (secondary N) is 1. The van der Waals surface area contributed by atoms with E-state index in [2.05, 4.69) is 4.72 Å². The molecule has 0 saturated carbocycles. The van der Waals surface area contributed by atoms with Gasteiger partial charge in [-0.05, 0) is 24.6 Å². The number of benzene rings is 1. The average molecular weight is 318 g/mol. The lowest BCUT2D eigenvalue weighted by Crippen LogP contribution is -2.14. The zero-order valence-corrected chi connectivity index (χ0v) is 12.1. The predicted octanol–water partition coefficient (Wildman–Crippen LogP) is 2.97. The molecule has 2 aromatic rings. The van der Waals surface area contributed by atoms with Crippen LogP contribution >= 0.6 is 11.3 Å². The van der Waals surface area contributed by atoms with Crippen molar-refractivity contribution in [2.24, 2.45) is 0 Å². The molecule has 0 aliphatic heterocycles. The molecule has 0 atom stereocenters. The summed E-state index contributed by atoms with van der Waals surface area (Å²) in [7, 11) is -3.93. The number of nitrogen functional groups attached to an aromatic ring is 1. The van der Waals surface area contributed by atoms with E-state index < -0.39 is 27.3 Å². The highest BCUT2D eigenvalue weighted by Gasteiger charge is 2.20. The summed E-state index contributed by atoms with van der Waals surface area (Å²) in [6.45, 7) is 1.90. The molecule has 0 saturated heterocycles. The average Bonchev–Trinajstić information content (AvgIpc) is 2.83. The highest BCUT2D eigenvalue weighted by Crippen LogP contribution is 2.29. The third kappa shape index (κ3) is 2.91. The summed E-state index contributed by atoms with van der Waals surface area (Å²) < 4.78 is 52.8. The molecule has 108 valence electrons. The van der Waals surface area contributed by atoms with Crippen LogP contribution in [0.25, 0.3) is 0 Å². The van der Waals surface area contributed by atoms with Gasteiger partial charge < -0.3 is 5.73 Å². The topological polar surface area (TPSA) is 72.2 Å². The van der Waals surface area contributed by atoms with Gasteiger partial charge in [-0.25, -0.2) is 17.2 Å². The molecule has 2 rings (SSSR count). The van der Waals surface area contributed by atoms with Crippen molar-refractivity contribution < 1.29 is 17.2 Å². The van der Waals surface area contributed by atoms with Crippen molar-refractivity contribution in [3.8, 4) is 0 Å². The van der Waals surface area contributed by atoms with E-state index in [4.69, 9.17) is 5.73 Å². The maximum Gasteiger partial charge on any atom is 0.271 e. The first kappa shape index (κ1) is 14.7. The second-order valence-corrected chi connectivity index (χ2v) is 7.11. The Bertz CT molecular complexity index is 719. The van der Waals surface area contributed by atoms with Crippen LogP contribution in [0.15, 0.2) is 28.5 Å². The maximum atomic E-state index is 13.6. The molecule has 1 aromatic carbocycles. The second-order valence-electron chi connectivity index (χ2n) is 4.03. The predicted molar refractivity (Wildman–Crippen MR) is 75.3 cm³/mol. The fourth-order valence-electron chi connectivity index (χ4n) is 1.58. The molecule has 4 nitrogen and oxygen atoms in total. The summed E-state index contributed by atoms with van der Waals surface area (Å²) in [5.41, 5.74) is 4.68. The van der Waals surface area contributed by atoms with Crippen LogP contribution in [0, 0.1) is 11.6 Å². The first-order valence-electron chi connectivity index (χ1n) is 5.69. The molecule has 0 unspecified atom stereocenters. The fraction of sp³-hybridized carbons (Fsp3) is 0.167. The van der Waals surface area contributed by atoms with Gasteiger partial charge in [-0.2, -0.15) is 0 Å². The van der Waals surface area contributed by atoms with Gasteiger partial charge in [0, 0.05) is 10.9 Å². The highest BCUT2D eigenvalue weighted by molar-refractivity contribution is 7.94. The van der Waals surface area contributed by atoms with E-state index in [1.165, 1.54) is 6.07 Å². The van der Waals surface area contributed by atoms with Crippen molar-refractivity contribution in [2.75, 3.05) is 10.5 Å². The first-order valence-corrected chi connectivity index (χ1v) is 7.99.